The zero-order valence-electron chi connectivity index (χ0n) is 15.0. The Morgan fingerprint density at radius 3 is 2.63 bits per heavy atom. The molecule has 6 heteroatoms. The highest BCUT2D eigenvalue weighted by molar-refractivity contribution is 5.92. The molecule has 0 atom stereocenters. The number of benzene rings is 2. The van der Waals surface area contributed by atoms with E-state index in [1.165, 1.54) is 12.3 Å². The number of hydrogen-bond donors (Lipinski definition) is 1. The quantitative estimate of drug-likeness (QED) is 0.697. The maximum atomic E-state index is 13.6. The molecule has 0 aliphatic heterocycles. The second kappa shape index (κ2) is 8.31. The van der Waals surface area contributed by atoms with E-state index < -0.39 is 5.82 Å². The fourth-order valence-electron chi connectivity index (χ4n) is 2.51. The molecule has 0 radical (unpaired) electrons. The van der Waals surface area contributed by atoms with E-state index in [0.29, 0.717) is 28.6 Å². The summed E-state index contributed by atoms with van der Waals surface area (Å²) in [6, 6.07) is 15.1. The van der Waals surface area contributed by atoms with Crippen molar-refractivity contribution in [2.75, 3.05) is 12.4 Å². The molecular formula is C21H19FN2O3. The lowest BCUT2D eigenvalue weighted by Gasteiger charge is -2.11. The van der Waals surface area contributed by atoms with Crippen molar-refractivity contribution in [3.8, 4) is 17.4 Å². The maximum Gasteiger partial charge on any atom is 0.228 e. The van der Waals surface area contributed by atoms with Crippen LogP contribution in [0.5, 0.6) is 17.4 Å². The fraction of sp³-hybridized carbons (Fsp3) is 0.143. The van der Waals surface area contributed by atoms with Crippen LogP contribution in [0.4, 0.5) is 10.1 Å². The van der Waals surface area contributed by atoms with Crippen LogP contribution in [-0.4, -0.2) is 18.0 Å². The molecule has 1 amide bonds. The lowest BCUT2D eigenvalue weighted by Crippen LogP contribution is -2.15. The summed E-state index contributed by atoms with van der Waals surface area (Å²) in [6.07, 6.45) is 1.43. The second-order valence-electron chi connectivity index (χ2n) is 5.96. The van der Waals surface area contributed by atoms with E-state index in [0.717, 1.165) is 5.56 Å². The predicted molar refractivity (Wildman–Crippen MR) is 101 cm³/mol. The molecule has 0 unspecified atom stereocenters. The molecule has 0 aliphatic rings. The average Bonchev–Trinajstić information content (AvgIpc) is 2.66. The summed E-state index contributed by atoms with van der Waals surface area (Å²) in [5, 5.41) is 2.69. The third-order valence-corrected chi connectivity index (χ3v) is 3.86. The topological polar surface area (TPSA) is 60.5 Å². The Bertz CT molecular complexity index is 942. The molecule has 0 bridgehead atoms. The first kappa shape index (κ1) is 18.4. The molecule has 1 aromatic heterocycles. The molecule has 0 aliphatic carbocycles. The smallest absolute Gasteiger partial charge is 0.228 e. The molecule has 1 N–H and O–H groups in total. The lowest BCUT2D eigenvalue weighted by molar-refractivity contribution is -0.115. The number of aromatic nitrogens is 1. The summed E-state index contributed by atoms with van der Waals surface area (Å²) in [4.78, 5) is 16.3. The minimum Gasteiger partial charge on any atom is -0.493 e. The van der Waals surface area contributed by atoms with E-state index in [1.807, 2.05) is 19.1 Å². The van der Waals surface area contributed by atoms with Gasteiger partial charge >= 0.3 is 0 Å². The van der Waals surface area contributed by atoms with Gasteiger partial charge in [-0.15, -0.1) is 0 Å². The summed E-state index contributed by atoms with van der Waals surface area (Å²) >= 11 is 0. The van der Waals surface area contributed by atoms with Crippen molar-refractivity contribution in [1.29, 1.82) is 0 Å². The van der Waals surface area contributed by atoms with Crippen molar-refractivity contribution in [3.05, 3.63) is 77.7 Å². The molecule has 138 valence electrons. The number of aryl methyl sites for hydroxylation is 1. The summed E-state index contributed by atoms with van der Waals surface area (Å²) in [5.41, 5.74) is 1.90. The molecular weight excluding hydrogens is 347 g/mol. The van der Waals surface area contributed by atoms with Crippen LogP contribution >= 0.6 is 0 Å². The molecule has 1 heterocycles. The van der Waals surface area contributed by atoms with E-state index in [1.54, 1.807) is 43.5 Å². The Morgan fingerprint density at radius 2 is 1.93 bits per heavy atom. The van der Waals surface area contributed by atoms with E-state index in [-0.39, 0.29) is 12.3 Å². The number of carbonyl (C=O) groups is 1. The molecule has 2 aromatic carbocycles. The second-order valence-corrected chi connectivity index (χ2v) is 5.96. The Morgan fingerprint density at radius 1 is 1.11 bits per heavy atom. The molecule has 0 fully saturated rings. The number of rotatable bonds is 6. The average molecular weight is 366 g/mol. The minimum atomic E-state index is -0.401. The van der Waals surface area contributed by atoms with Gasteiger partial charge in [0.05, 0.1) is 25.4 Å². The number of carbonyl (C=O) groups excluding carboxylic acids is 1. The van der Waals surface area contributed by atoms with Crippen LogP contribution in [0.3, 0.4) is 0 Å². The van der Waals surface area contributed by atoms with Crippen molar-refractivity contribution in [3.63, 3.8) is 0 Å². The third kappa shape index (κ3) is 4.82. The van der Waals surface area contributed by atoms with Crippen LogP contribution in [0.15, 0.2) is 60.8 Å². The highest BCUT2D eigenvalue weighted by Crippen LogP contribution is 2.31. The molecule has 27 heavy (non-hydrogen) atoms. The molecule has 0 saturated heterocycles. The first-order valence-electron chi connectivity index (χ1n) is 8.37. The van der Waals surface area contributed by atoms with Gasteiger partial charge in [-0.1, -0.05) is 24.3 Å². The zero-order chi connectivity index (χ0) is 19.2. The first-order chi connectivity index (χ1) is 13.0. The monoisotopic (exact) mass is 366 g/mol. The number of halogens is 1. The van der Waals surface area contributed by atoms with Crippen molar-refractivity contribution < 1.29 is 18.7 Å². The van der Waals surface area contributed by atoms with Crippen LogP contribution < -0.4 is 14.8 Å². The summed E-state index contributed by atoms with van der Waals surface area (Å²) in [5.74, 6) is 0.799. The van der Waals surface area contributed by atoms with E-state index in [9.17, 15) is 9.18 Å². The van der Waals surface area contributed by atoms with Crippen LogP contribution in [0.1, 0.15) is 11.1 Å². The van der Waals surface area contributed by atoms with Crippen molar-refractivity contribution in [1.82, 2.24) is 4.98 Å². The Hall–Kier alpha value is -3.41. The van der Waals surface area contributed by atoms with Crippen LogP contribution in [0.25, 0.3) is 0 Å². The fourth-order valence-corrected chi connectivity index (χ4v) is 2.51. The number of nitrogens with one attached hydrogen (secondary N) is 1. The first-order valence-corrected chi connectivity index (χ1v) is 8.37. The van der Waals surface area contributed by atoms with Crippen molar-refractivity contribution >= 4 is 11.6 Å². The van der Waals surface area contributed by atoms with Gasteiger partial charge in [0.25, 0.3) is 0 Å². The van der Waals surface area contributed by atoms with E-state index in [2.05, 4.69) is 10.3 Å². The van der Waals surface area contributed by atoms with Crippen molar-refractivity contribution in [2.45, 2.75) is 13.3 Å². The van der Waals surface area contributed by atoms with E-state index in [4.69, 9.17) is 9.47 Å². The van der Waals surface area contributed by atoms with Gasteiger partial charge in [0.2, 0.25) is 11.8 Å². The summed E-state index contributed by atoms with van der Waals surface area (Å²) < 4.78 is 24.6. The highest BCUT2D eigenvalue weighted by Gasteiger charge is 2.10. The van der Waals surface area contributed by atoms with Gasteiger partial charge in [-0.3, -0.25) is 4.79 Å². The molecule has 0 saturated carbocycles. The van der Waals surface area contributed by atoms with Crippen LogP contribution in [0.2, 0.25) is 0 Å². The van der Waals surface area contributed by atoms with E-state index >= 15 is 0 Å². The Balaban J connectivity index is 1.63. The number of methoxy groups -OCH3 is 1. The SMILES string of the molecule is COc1cc(C)ccc1Oc1ccc(NC(=O)Cc2ccccc2F)cn1. The number of pyridine rings is 1. The van der Waals surface area contributed by atoms with Gasteiger partial charge < -0.3 is 14.8 Å². The zero-order valence-corrected chi connectivity index (χ0v) is 15.0. The van der Waals surface area contributed by atoms with Gasteiger partial charge in [-0.05, 0) is 42.3 Å². The van der Waals surface area contributed by atoms with Crippen LogP contribution in [-0.2, 0) is 11.2 Å². The highest BCUT2D eigenvalue weighted by atomic mass is 19.1. The minimum absolute atomic E-state index is 0.0501. The van der Waals surface area contributed by atoms with Gasteiger partial charge in [0.15, 0.2) is 11.5 Å². The van der Waals surface area contributed by atoms with Crippen LogP contribution in [0, 0.1) is 12.7 Å². The van der Waals surface area contributed by atoms with Gasteiger partial charge in [0.1, 0.15) is 5.82 Å². The largest absolute Gasteiger partial charge is 0.493 e. The standard InChI is InChI=1S/C21H19FN2O3/c1-14-7-9-18(19(11-14)26-2)27-21-10-8-16(13-23-21)24-20(25)12-15-5-3-4-6-17(15)22/h3-11,13H,12H2,1-2H3,(H,24,25). The van der Waals surface area contributed by atoms with Gasteiger partial charge in [-0.2, -0.15) is 0 Å². The number of ether oxygens (including phenoxy) is 2. The lowest BCUT2D eigenvalue weighted by atomic mass is 10.1. The number of hydrogen-bond acceptors (Lipinski definition) is 4. The molecule has 0 spiro atoms. The Labute approximate surface area is 156 Å². The Kier molecular flexibility index (Phi) is 5.66. The maximum absolute atomic E-state index is 13.6. The molecule has 3 aromatic rings. The number of nitrogens with zero attached hydrogens (tertiary/aromatic N) is 1. The normalized spacial score (nSPS) is 10.3. The molecule has 5 nitrogen and oxygen atoms in total. The summed E-state index contributed by atoms with van der Waals surface area (Å²) in [7, 11) is 1.57. The van der Waals surface area contributed by atoms with Crippen molar-refractivity contribution in [2.24, 2.45) is 0 Å². The number of anilines is 1. The molecule has 3 rings (SSSR count). The van der Waals surface area contributed by atoms with Gasteiger partial charge in [-0.25, -0.2) is 9.37 Å². The third-order valence-electron chi connectivity index (χ3n) is 3.86. The predicted octanol–water partition coefficient (Wildman–Crippen LogP) is 4.51. The summed E-state index contributed by atoms with van der Waals surface area (Å²) in [6.45, 7) is 1.96. The van der Waals surface area contributed by atoms with Gasteiger partial charge in [0, 0.05) is 6.07 Å². The number of amides is 1.